The van der Waals surface area contributed by atoms with Crippen LogP contribution >= 0.6 is 11.6 Å². The molecule has 0 amide bonds. The lowest BCUT2D eigenvalue weighted by Crippen LogP contribution is -2.49. The normalized spacial score (nSPS) is 23.8. The second kappa shape index (κ2) is 5.11. The zero-order valence-electron chi connectivity index (χ0n) is 12.0. The number of anilines is 1. The number of ether oxygens (including phenoxy) is 1. The van der Waals surface area contributed by atoms with E-state index in [0.717, 1.165) is 12.8 Å². The minimum absolute atomic E-state index is 0.193. The van der Waals surface area contributed by atoms with Gasteiger partial charge in [-0.2, -0.15) is 5.10 Å². The van der Waals surface area contributed by atoms with Crippen LogP contribution in [-0.4, -0.2) is 29.9 Å². The van der Waals surface area contributed by atoms with Gasteiger partial charge in [0.15, 0.2) is 0 Å². The fraction of sp³-hybridized carbons (Fsp3) is 0.375. The van der Waals surface area contributed by atoms with Gasteiger partial charge in [0.05, 0.1) is 25.0 Å². The van der Waals surface area contributed by atoms with Crippen molar-refractivity contribution in [2.75, 3.05) is 24.6 Å². The number of aryl methyl sites for hydroxylation is 1. The third kappa shape index (κ3) is 2.04. The van der Waals surface area contributed by atoms with Crippen LogP contribution in [0, 0.1) is 0 Å². The number of rotatable bonds is 1. The van der Waals surface area contributed by atoms with E-state index in [-0.39, 0.29) is 16.2 Å². The van der Waals surface area contributed by atoms with E-state index in [2.05, 4.69) is 39.4 Å². The van der Waals surface area contributed by atoms with E-state index in [1.807, 2.05) is 0 Å². The van der Waals surface area contributed by atoms with Gasteiger partial charge in [-0.1, -0.05) is 35.9 Å². The van der Waals surface area contributed by atoms with Gasteiger partial charge >= 0.3 is 0 Å². The van der Waals surface area contributed by atoms with Gasteiger partial charge in [-0.3, -0.25) is 4.79 Å². The van der Waals surface area contributed by atoms with Crippen LogP contribution in [0.4, 0.5) is 5.69 Å². The molecule has 2 aliphatic rings. The Morgan fingerprint density at radius 3 is 3.14 bits per heavy atom. The van der Waals surface area contributed by atoms with Crippen molar-refractivity contribution in [2.24, 2.45) is 0 Å². The van der Waals surface area contributed by atoms with Crippen LogP contribution in [0.2, 0.25) is 5.02 Å². The van der Waals surface area contributed by atoms with Crippen LogP contribution in [0.1, 0.15) is 17.5 Å². The Balaban J connectivity index is 1.72. The average molecular weight is 318 g/mol. The first-order valence-corrected chi connectivity index (χ1v) is 7.78. The molecule has 22 heavy (non-hydrogen) atoms. The van der Waals surface area contributed by atoms with Gasteiger partial charge in [0.1, 0.15) is 10.6 Å². The van der Waals surface area contributed by atoms with E-state index in [9.17, 15) is 4.79 Å². The predicted octanol–water partition coefficient (Wildman–Crippen LogP) is 2.10. The van der Waals surface area contributed by atoms with Crippen LogP contribution in [0.3, 0.4) is 0 Å². The Morgan fingerprint density at radius 2 is 2.23 bits per heavy atom. The highest BCUT2D eigenvalue weighted by Gasteiger charge is 2.43. The number of benzene rings is 1. The average Bonchev–Trinajstić information content (AvgIpc) is 2.89. The molecule has 5 nitrogen and oxygen atoms in total. The number of aromatic amines is 1. The van der Waals surface area contributed by atoms with E-state index in [1.54, 1.807) is 6.20 Å². The number of H-pyrrole nitrogens is 1. The summed E-state index contributed by atoms with van der Waals surface area (Å²) in [4.78, 5) is 13.8. The van der Waals surface area contributed by atoms with Gasteiger partial charge in [-0.05, 0) is 24.0 Å². The molecule has 2 heterocycles. The van der Waals surface area contributed by atoms with Gasteiger partial charge in [-0.25, -0.2) is 5.10 Å². The summed E-state index contributed by atoms with van der Waals surface area (Å²) in [5.74, 6) is 0. The molecule has 6 heteroatoms. The second-order valence-electron chi connectivity index (χ2n) is 5.82. The molecular weight excluding hydrogens is 302 g/mol. The first kappa shape index (κ1) is 13.8. The number of fused-ring (bicyclic) bond motifs is 2. The number of hydrogen-bond acceptors (Lipinski definition) is 4. The van der Waals surface area contributed by atoms with Crippen LogP contribution < -0.4 is 10.5 Å². The molecule has 2 aromatic rings. The summed E-state index contributed by atoms with van der Waals surface area (Å²) in [7, 11) is 0. The lowest BCUT2D eigenvalue weighted by molar-refractivity contribution is -0.0592. The maximum atomic E-state index is 11.7. The molecule has 4 rings (SSSR count). The van der Waals surface area contributed by atoms with E-state index in [0.29, 0.717) is 25.4 Å². The molecule has 1 aliphatic heterocycles. The van der Waals surface area contributed by atoms with Crippen molar-refractivity contribution >= 4 is 17.3 Å². The van der Waals surface area contributed by atoms with Crippen molar-refractivity contribution in [3.05, 3.63) is 57.0 Å². The zero-order valence-corrected chi connectivity index (χ0v) is 12.8. The Labute approximate surface area is 132 Å². The molecule has 1 fully saturated rings. The summed E-state index contributed by atoms with van der Waals surface area (Å²) in [5.41, 5.74) is 2.62. The number of nitrogens with one attached hydrogen (secondary N) is 1. The lowest BCUT2D eigenvalue weighted by Gasteiger charge is -2.42. The second-order valence-corrected chi connectivity index (χ2v) is 6.20. The molecule has 1 saturated heterocycles. The minimum Gasteiger partial charge on any atom is -0.367 e. The predicted molar refractivity (Wildman–Crippen MR) is 84.5 cm³/mol. The van der Waals surface area contributed by atoms with Gasteiger partial charge in [0.2, 0.25) is 0 Å². The smallest absolute Gasteiger partial charge is 0.285 e. The summed E-state index contributed by atoms with van der Waals surface area (Å²) in [6.45, 7) is 2.00. The van der Waals surface area contributed by atoms with Crippen LogP contribution in [-0.2, 0) is 16.8 Å². The molecule has 1 spiro atoms. The first-order valence-electron chi connectivity index (χ1n) is 7.40. The number of halogens is 1. The highest BCUT2D eigenvalue weighted by atomic mass is 35.5. The monoisotopic (exact) mass is 317 g/mol. The Kier molecular flexibility index (Phi) is 3.20. The van der Waals surface area contributed by atoms with E-state index >= 15 is 0 Å². The Morgan fingerprint density at radius 1 is 1.36 bits per heavy atom. The molecule has 0 saturated carbocycles. The molecule has 1 aromatic heterocycles. The molecular formula is C16H16ClN3O2. The van der Waals surface area contributed by atoms with Crippen molar-refractivity contribution in [1.29, 1.82) is 0 Å². The number of hydrogen-bond donors (Lipinski definition) is 1. The quantitative estimate of drug-likeness (QED) is 0.875. The maximum absolute atomic E-state index is 11.7. The standard InChI is InChI=1S/C16H16ClN3O2/c17-14-13(9-18-19-15(14)21)20-7-8-22-16(10-20)6-5-11-3-1-2-4-12(11)16/h1-4,9H,5-8,10H2,(H,19,21). The van der Waals surface area contributed by atoms with Crippen molar-refractivity contribution in [1.82, 2.24) is 10.2 Å². The molecule has 0 bridgehead atoms. The van der Waals surface area contributed by atoms with Gasteiger partial charge < -0.3 is 9.64 Å². The topological polar surface area (TPSA) is 58.2 Å². The lowest BCUT2D eigenvalue weighted by atomic mass is 9.93. The summed E-state index contributed by atoms with van der Waals surface area (Å²) in [6, 6.07) is 8.42. The first-order chi connectivity index (χ1) is 10.7. The summed E-state index contributed by atoms with van der Waals surface area (Å²) < 4.78 is 6.18. The summed E-state index contributed by atoms with van der Waals surface area (Å²) in [5, 5.41) is 6.43. The third-order valence-corrected chi connectivity index (χ3v) is 4.98. The fourth-order valence-electron chi connectivity index (χ4n) is 3.55. The van der Waals surface area contributed by atoms with Crippen molar-refractivity contribution in [3.63, 3.8) is 0 Å². The molecule has 0 radical (unpaired) electrons. The molecule has 114 valence electrons. The van der Waals surface area contributed by atoms with Crippen LogP contribution in [0.5, 0.6) is 0 Å². The van der Waals surface area contributed by atoms with Gasteiger partial charge in [0, 0.05) is 6.54 Å². The summed E-state index contributed by atoms with van der Waals surface area (Å²) >= 11 is 6.16. The van der Waals surface area contributed by atoms with Gasteiger partial charge in [0.25, 0.3) is 5.56 Å². The van der Waals surface area contributed by atoms with Crippen molar-refractivity contribution in [2.45, 2.75) is 18.4 Å². The molecule has 1 atom stereocenters. The molecule has 1 aromatic carbocycles. The summed E-state index contributed by atoms with van der Waals surface area (Å²) in [6.07, 6.45) is 3.59. The highest BCUT2D eigenvalue weighted by Crippen LogP contribution is 2.43. The largest absolute Gasteiger partial charge is 0.367 e. The highest BCUT2D eigenvalue weighted by molar-refractivity contribution is 6.33. The van der Waals surface area contributed by atoms with Crippen molar-refractivity contribution in [3.8, 4) is 0 Å². The maximum Gasteiger partial charge on any atom is 0.285 e. The third-order valence-electron chi connectivity index (χ3n) is 4.61. The van der Waals surface area contributed by atoms with E-state index < -0.39 is 0 Å². The Hall–Kier alpha value is -1.85. The van der Waals surface area contributed by atoms with Crippen molar-refractivity contribution < 1.29 is 4.74 Å². The Bertz CT molecular complexity index is 772. The molecule has 1 aliphatic carbocycles. The molecule has 1 N–H and O–H groups in total. The fourth-order valence-corrected chi connectivity index (χ4v) is 3.76. The number of nitrogens with zero attached hydrogens (tertiary/aromatic N) is 2. The van der Waals surface area contributed by atoms with Crippen LogP contribution in [0.15, 0.2) is 35.3 Å². The SMILES string of the molecule is O=c1[nH]ncc(N2CCOC3(CCc4ccccc43)C2)c1Cl. The van der Waals surface area contributed by atoms with Crippen LogP contribution in [0.25, 0.3) is 0 Å². The number of morpholine rings is 1. The van der Waals surface area contributed by atoms with Gasteiger partial charge in [-0.15, -0.1) is 0 Å². The zero-order chi connectivity index (χ0) is 15.2. The molecule has 1 unspecified atom stereocenters. The number of aromatic nitrogens is 2. The van der Waals surface area contributed by atoms with E-state index in [1.165, 1.54) is 11.1 Å². The van der Waals surface area contributed by atoms with E-state index in [4.69, 9.17) is 16.3 Å². The minimum atomic E-state index is -0.355.